The fraction of sp³-hybridized carbons (Fsp3) is 0.125. The Morgan fingerprint density at radius 1 is 1.06 bits per heavy atom. The zero-order valence-corrected chi connectivity index (χ0v) is 18.5. The first kappa shape index (κ1) is 21.0. The van der Waals surface area contributed by atoms with Gasteiger partial charge < -0.3 is 24.3 Å². The second-order valence-corrected chi connectivity index (χ2v) is 7.58. The normalized spacial score (nSPS) is 10.8. The third kappa shape index (κ3) is 4.02. The summed E-state index contributed by atoms with van der Waals surface area (Å²) < 4.78 is 17.3. The van der Waals surface area contributed by atoms with Crippen molar-refractivity contribution in [2.75, 3.05) is 19.5 Å². The zero-order valence-electron chi connectivity index (χ0n) is 16.9. The van der Waals surface area contributed by atoms with Gasteiger partial charge in [0.1, 0.15) is 29.6 Å². The fourth-order valence-corrected chi connectivity index (χ4v) is 4.16. The van der Waals surface area contributed by atoms with Crippen LogP contribution in [0.15, 0.2) is 69.6 Å². The van der Waals surface area contributed by atoms with Crippen LogP contribution in [0.25, 0.3) is 22.1 Å². The van der Waals surface area contributed by atoms with Crippen LogP contribution >= 0.6 is 15.9 Å². The van der Waals surface area contributed by atoms with Gasteiger partial charge in [-0.3, -0.25) is 4.79 Å². The number of ether oxygens (including phenoxy) is 2. The van der Waals surface area contributed by atoms with Crippen LogP contribution in [-0.4, -0.2) is 25.2 Å². The molecule has 0 unspecified atom stereocenters. The van der Waals surface area contributed by atoms with Gasteiger partial charge in [-0.1, -0.05) is 24.3 Å². The lowest BCUT2D eigenvalue weighted by atomic mass is 10.0. The van der Waals surface area contributed by atoms with Crippen LogP contribution in [-0.2, 0) is 6.61 Å². The van der Waals surface area contributed by atoms with Gasteiger partial charge in [0.05, 0.1) is 29.9 Å². The molecule has 2 N–H and O–H groups in total. The highest BCUT2D eigenvalue weighted by atomic mass is 79.9. The van der Waals surface area contributed by atoms with Crippen LogP contribution < -0.4 is 14.8 Å². The van der Waals surface area contributed by atoms with Crippen LogP contribution in [0.4, 0.5) is 5.69 Å². The number of carbonyl (C=O) groups excluding carboxylic acids is 1. The van der Waals surface area contributed by atoms with Crippen molar-refractivity contribution in [1.82, 2.24) is 0 Å². The number of amides is 1. The van der Waals surface area contributed by atoms with E-state index in [0.29, 0.717) is 38.7 Å². The molecule has 1 amide bonds. The van der Waals surface area contributed by atoms with Crippen molar-refractivity contribution < 1.29 is 23.8 Å². The molecule has 3 aromatic carbocycles. The Morgan fingerprint density at radius 2 is 1.87 bits per heavy atom. The van der Waals surface area contributed by atoms with Gasteiger partial charge in [-0.05, 0) is 63.1 Å². The monoisotopic (exact) mass is 481 g/mol. The summed E-state index contributed by atoms with van der Waals surface area (Å²) in [4.78, 5) is 13.2. The number of benzene rings is 3. The Kier molecular flexibility index (Phi) is 5.97. The van der Waals surface area contributed by atoms with Crippen molar-refractivity contribution in [3.63, 3.8) is 0 Å². The summed E-state index contributed by atoms with van der Waals surface area (Å²) in [6.07, 6.45) is 0. The van der Waals surface area contributed by atoms with Crippen molar-refractivity contribution in [2.45, 2.75) is 6.61 Å². The summed E-state index contributed by atoms with van der Waals surface area (Å²) in [5.41, 5.74) is 1.61. The predicted molar refractivity (Wildman–Crippen MR) is 123 cm³/mol. The van der Waals surface area contributed by atoms with E-state index >= 15 is 0 Å². The molecule has 0 radical (unpaired) electrons. The molecule has 0 aliphatic rings. The van der Waals surface area contributed by atoms with Gasteiger partial charge >= 0.3 is 0 Å². The molecular formula is C24H20BrNO5. The maximum absolute atomic E-state index is 13.2. The molecule has 31 heavy (non-hydrogen) atoms. The van der Waals surface area contributed by atoms with E-state index in [4.69, 9.17) is 13.9 Å². The number of aliphatic hydroxyl groups excluding tert-OH is 1. The van der Waals surface area contributed by atoms with Crippen LogP contribution in [0.1, 0.15) is 16.1 Å². The van der Waals surface area contributed by atoms with E-state index in [2.05, 4.69) is 21.2 Å². The highest BCUT2D eigenvalue weighted by Crippen LogP contribution is 2.38. The van der Waals surface area contributed by atoms with Crippen LogP contribution in [0.5, 0.6) is 11.5 Å². The molecule has 0 fully saturated rings. The first-order chi connectivity index (χ1) is 15.0. The van der Waals surface area contributed by atoms with E-state index in [1.54, 1.807) is 30.3 Å². The minimum atomic E-state index is -0.339. The fourth-order valence-electron chi connectivity index (χ4n) is 3.42. The Bertz CT molecular complexity index is 1260. The van der Waals surface area contributed by atoms with Gasteiger partial charge in [-0.2, -0.15) is 0 Å². The molecule has 0 aliphatic carbocycles. The van der Waals surface area contributed by atoms with E-state index in [1.165, 1.54) is 14.2 Å². The molecular weight excluding hydrogens is 462 g/mol. The summed E-state index contributed by atoms with van der Waals surface area (Å²) in [5, 5.41) is 14.0. The number of nitrogens with one attached hydrogen (secondary N) is 1. The molecule has 0 spiro atoms. The first-order valence-corrected chi connectivity index (χ1v) is 10.3. The molecule has 0 saturated heterocycles. The van der Waals surface area contributed by atoms with Gasteiger partial charge in [-0.25, -0.2) is 0 Å². The minimum Gasteiger partial charge on any atom is -0.495 e. The summed E-state index contributed by atoms with van der Waals surface area (Å²) in [6.45, 7) is -0.184. The molecule has 0 atom stereocenters. The topological polar surface area (TPSA) is 80.9 Å². The van der Waals surface area contributed by atoms with Crippen LogP contribution in [0.3, 0.4) is 0 Å². The number of carbonyl (C=O) groups is 1. The van der Waals surface area contributed by atoms with Crippen LogP contribution in [0, 0.1) is 0 Å². The van der Waals surface area contributed by atoms with Crippen LogP contribution in [0.2, 0.25) is 0 Å². The molecule has 158 valence electrons. The zero-order chi connectivity index (χ0) is 22.0. The minimum absolute atomic E-state index is 0.184. The number of halogens is 1. The number of hydrogen-bond donors (Lipinski definition) is 2. The summed E-state index contributed by atoms with van der Waals surface area (Å²) in [7, 11) is 3.07. The lowest BCUT2D eigenvalue weighted by molar-refractivity contribution is 0.102. The highest BCUT2D eigenvalue weighted by Gasteiger charge is 2.20. The second-order valence-electron chi connectivity index (χ2n) is 6.79. The molecule has 1 aromatic heterocycles. The van der Waals surface area contributed by atoms with Crippen molar-refractivity contribution in [3.8, 4) is 22.8 Å². The third-order valence-corrected chi connectivity index (χ3v) is 5.73. The standard InChI is InChI=1S/C24H20BrNO5/c1-29-21-9-7-15(20-10-8-16(13-27)31-20)12-19(21)26-24(28)18-11-14-5-3-4-6-17(14)22(25)23(18)30-2/h3-12,27H,13H2,1-2H3,(H,26,28). The number of methoxy groups -OCH3 is 2. The largest absolute Gasteiger partial charge is 0.495 e. The highest BCUT2D eigenvalue weighted by molar-refractivity contribution is 9.10. The first-order valence-electron chi connectivity index (χ1n) is 9.50. The summed E-state index contributed by atoms with van der Waals surface area (Å²) in [6, 6.07) is 18.3. The Labute approximate surface area is 187 Å². The maximum atomic E-state index is 13.2. The molecule has 0 bridgehead atoms. The number of furan rings is 1. The Morgan fingerprint density at radius 3 is 2.58 bits per heavy atom. The molecule has 0 saturated carbocycles. The molecule has 4 aromatic rings. The average Bonchev–Trinajstić information content (AvgIpc) is 3.28. The van der Waals surface area contributed by atoms with E-state index in [-0.39, 0.29) is 12.5 Å². The predicted octanol–water partition coefficient (Wildman–Crippen LogP) is 5.62. The van der Waals surface area contributed by atoms with E-state index in [0.717, 1.165) is 16.3 Å². The van der Waals surface area contributed by atoms with Crippen molar-refractivity contribution in [3.05, 3.63) is 76.5 Å². The lowest BCUT2D eigenvalue weighted by Gasteiger charge is -2.15. The number of aliphatic hydroxyl groups is 1. The quantitative estimate of drug-likeness (QED) is 0.373. The van der Waals surface area contributed by atoms with E-state index in [9.17, 15) is 9.90 Å². The molecule has 6 nitrogen and oxygen atoms in total. The van der Waals surface area contributed by atoms with Gasteiger partial charge in [0.2, 0.25) is 0 Å². The average molecular weight is 482 g/mol. The summed E-state index contributed by atoms with van der Waals surface area (Å²) >= 11 is 3.56. The van der Waals surface area contributed by atoms with Crippen molar-refractivity contribution in [1.29, 1.82) is 0 Å². The van der Waals surface area contributed by atoms with E-state index in [1.807, 2.05) is 30.3 Å². The number of hydrogen-bond acceptors (Lipinski definition) is 5. The maximum Gasteiger partial charge on any atom is 0.259 e. The Hall–Kier alpha value is -3.29. The molecule has 0 aliphatic heterocycles. The molecule has 4 rings (SSSR count). The van der Waals surface area contributed by atoms with E-state index < -0.39 is 0 Å². The molecule has 7 heteroatoms. The number of fused-ring (bicyclic) bond motifs is 1. The Balaban J connectivity index is 1.73. The van der Waals surface area contributed by atoms with Gasteiger partial charge in [0.15, 0.2) is 0 Å². The van der Waals surface area contributed by atoms with Gasteiger partial charge in [0.25, 0.3) is 5.91 Å². The van der Waals surface area contributed by atoms with Crippen molar-refractivity contribution >= 4 is 38.3 Å². The number of rotatable bonds is 6. The second kappa shape index (κ2) is 8.83. The lowest BCUT2D eigenvalue weighted by Crippen LogP contribution is -2.14. The smallest absolute Gasteiger partial charge is 0.259 e. The SMILES string of the molecule is COc1ccc(-c2ccc(CO)o2)cc1NC(=O)c1cc2ccccc2c(Br)c1OC. The van der Waals surface area contributed by atoms with Gasteiger partial charge in [0, 0.05) is 5.56 Å². The van der Waals surface area contributed by atoms with Gasteiger partial charge in [-0.15, -0.1) is 0 Å². The van der Waals surface area contributed by atoms with Crippen molar-refractivity contribution in [2.24, 2.45) is 0 Å². The number of anilines is 1. The summed E-state index contributed by atoms with van der Waals surface area (Å²) in [5.74, 6) is 1.65. The molecule has 1 heterocycles. The third-order valence-electron chi connectivity index (χ3n) is 4.94.